The van der Waals surface area contributed by atoms with E-state index in [-0.39, 0.29) is 24.2 Å². The summed E-state index contributed by atoms with van der Waals surface area (Å²) in [6.07, 6.45) is 2.25. The molecule has 1 aromatic rings. The van der Waals surface area contributed by atoms with E-state index in [1.807, 2.05) is 12.1 Å². The van der Waals surface area contributed by atoms with Crippen LogP contribution in [0.15, 0.2) is 18.2 Å². The van der Waals surface area contributed by atoms with Gasteiger partial charge in [-0.15, -0.1) is 12.4 Å². The Morgan fingerprint density at radius 1 is 1.47 bits per heavy atom. The van der Waals surface area contributed by atoms with Gasteiger partial charge in [-0.3, -0.25) is 0 Å². The smallest absolute Gasteiger partial charge is 0.162 e. The molecule has 1 atom stereocenters. The first-order valence-corrected chi connectivity index (χ1v) is 4.92. The number of halogens is 1. The van der Waals surface area contributed by atoms with Crippen molar-refractivity contribution >= 4 is 12.4 Å². The highest BCUT2D eigenvalue weighted by atomic mass is 35.5. The summed E-state index contributed by atoms with van der Waals surface area (Å²) in [5.41, 5.74) is 0.946. The van der Waals surface area contributed by atoms with Gasteiger partial charge in [0.1, 0.15) is 0 Å². The van der Waals surface area contributed by atoms with Gasteiger partial charge >= 0.3 is 0 Å². The highest BCUT2D eigenvalue weighted by Crippen LogP contribution is 2.36. The predicted octanol–water partition coefficient (Wildman–Crippen LogP) is 2.25. The maximum Gasteiger partial charge on any atom is 0.162 e. The van der Waals surface area contributed by atoms with Gasteiger partial charge in [-0.05, 0) is 25.5 Å². The van der Waals surface area contributed by atoms with Crippen molar-refractivity contribution in [3.8, 4) is 11.5 Å². The van der Waals surface area contributed by atoms with E-state index in [0.29, 0.717) is 5.75 Å². The average molecular weight is 230 g/mol. The molecule has 0 saturated carbocycles. The van der Waals surface area contributed by atoms with Crippen molar-refractivity contribution in [1.29, 1.82) is 0 Å². The lowest BCUT2D eigenvalue weighted by Crippen LogP contribution is -2.13. The van der Waals surface area contributed by atoms with E-state index in [9.17, 15) is 5.11 Å². The summed E-state index contributed by atoms with van der Waals surface area (Å²) in [6.45, 7) is 1.03. The summed E-state index contributed by atoms with van der Waals surface area (Å²) in [5, 5.41) is 13.2. The molecule has 1 aliphatic heterocycles. The van der Waals surface area contributed by atoms with Crippen LogP contribution in [-0.4, -0.2) is 18.8 Å². The van der Waals surface area contributed by atoms with E-state index in [0.717, 1.165) is 18.5 Å². The van der Waals surface area contributed by atoms with Gasteiger partial charge in [-0.25, -0.2) is 0 Å². The number of aromatic hydroxyl groups is 1. The van der Waals surface area contributed by atoms with E-state index in [1.165, 1.54) is 6.42 Å². The van der Waals surface area contributed by atoms with Crippen LogP contribution < -0.4 is 10.1 Å². The molecule has 15 heavy (non-hydrogen) atoms. The second-order valence-corrected chi connectivity index (χ2v) is 3.55. The van der Waals surface area contributed by atoms with Gasteiger partial charge in [0.05, 0.1) is 7.11 Å². The first-order chi connectivity index (χ1) is 6.83. The molecule has 1 saturated heterocycles. The largest absolute Gasteiger partial charge is 0.504 e. The molecule has 0 aliphatic carbocycles. The molecule has 0 radical (unpaired) electrons. The predicted molar refractivity (Wildman–Crippen MR) is 61.9 cm³/mol. The van der Waals surface area contributed by atoms with Gasteiger partial charge in [0.25, 0.3) is 0 Å². The van der Waals surface area contributed by atoms with Crippen LogP contribution in [0.2, 0.25) is 0 Å². The van der Waals surface area contributed by atoms with Crippen molar-refractivity contribution in [3.05, 3.63) is 23.8 Å². The Morgan fingerprint density at radius 3 is 2.87 bits per heavy atom. The molecule has 0 aromatic heterocycles. The van der Waals surface area contributed by atoms with Crippen LogP contribution in [0.4, 0.5) is 0 Å². The number of phenols is 1. The van der Waals surface area contributed by atoms with E-state index < -0.39 is 0 Å². The highest BCUT2D eigenvalue weighted by molar-refractivity contribution is 5.85. The summed E-state index contributed by atoms with van der Waals surface area (Å²) in [4.78, 5) is 0. The lowest BCUT2D eigenvalue weighted by molar-refractivity contribution is 0.367. The Morgan fingerprint density at radius 2 is 2.27 bits per heavy atom. The molecule has 1 aromatic carbocycles. The monoisotopic (exact) mass is 229 g/mol. The zero-order valence-corrected chi connectivity index (χ0v) is 9.51. The van der Waals surface area contributed by atoms with E-state index in [4.69, 9.17) is 4.74 Å². The van der Waals surface area contributed by atoms with Crippen LogP contribution in [0.5, 0.6) is 11.5 Å². The van der Waals surface area contributed by atoms with Crippen molar-refractivity contribution < 1.29 is 9.84 Å². The molecule has 0 unspecified atom stereocenters. The van der Waals surface area contributed by atoms with Crippen molar-refractivity contribution in [1.82, 2.24) is 5.32 Å². The Bertz CT molecular complexity index is 324. The zero-order valence-electron chi connectivity index (χ0n) is 8.69. The van der Waals surface area contributed by atoms with Crippen LogP contribution in [0.1, 0.15) is 24.4 Å². The fourth-order valence-electron chi connectivity index (χ4n) is 1.94. The van der Waals surface area contributed by atoms with Gasteiger partial charge in [0, 0.05) is 11.6 Å². The number of para-hydroxylation sites is 1. The molecule has 2 N–H and O–H groups in total. The van der Waals surface area contributed by atoms with Crippen LogP contribution in [0.3, 0.4) is 0 Å². The molecule has 1 heterocycles. The maximum absolute atomic E-state index is 9.88. The lowest BCUT2D eigenvalue weighted by Gasteiger charge is -2.14. The quantitative estimate of drug-likeness (QED) is 0.818. The summed E-state index contributed by atoms with van der Waals surface area (Å²) < 4.78 is 5.07. The first-order valence-electron chi connectivity index (χ1n) is 4.92. The van der Waals surface area contributed by atoms with Crippen LogP contribution in [0, 0.1) is 0 Å². The van der Waals surface area contributed by atoms with Crippen molar-refractivity contribution in [2.75, 3.05) is 13.7 Å². The number of nitrogens with one attached hydrogen (secondary N) is 1. The van der Waals surface area contributed by atoms with E-state index >= 15 is 0 Å². The van der Waals surface area contributed by atoms with Crippen LogP contribution >= 0.6 is 12.4 Å². The van der Waals surface area contributed by atoms with Gasteiger partial charge in [0.2, 0.25) is 0 Å². The molecular formula is C11H16ClNO2. The molecular weight excluding hydrogens is 214 g/mol. The molecule has 0 amide bonds. The van der Waals surface area contributed by atoms with Crippen molar-refractivity contribution in [2.45, 2.75) is 18.9 Å². The second kappa shape index (κ2) is 5.24. The maximum atomic E-state index is 9.88. The van der Waals surface area contributed by atoms with E-state index in [2.05, 4.69) is 5.32 Å². The molecule has 2 rings (SSSR count). The van der Waals surface area contributed by atoms with Gasteiger partial charge in [-0.2, -0.15) is 0 Å². The molecule has 84 valence electrons. The zero-order chi connectivity index (χ0) is 9.97. The minimum absolute atomic E-state index is 0. The Kier molecular flexibility index (Phi) is 4.24. The van der Waals surface area contributed by atoms with Crippen LogP contribution in [-0.2, 0) is 0 Å². The number of benzene rings is 1. The van der Waals surface area contributed by atoms with Crippen molar-refractivity contribution in [3.63, 3.8) is 0 Å². The minimum Gasteiger partial charge on any atom is -0.504 e. The highest BCUT2D eigenvalue weighted by Gasteiger charge is 2.20. The topological polar surface area (TPSA) is 41.5 Å². The number of hydrogen-bond donors (Lipinski definition) is 2. The van der Waals surface area contributed by atoms with Gasteiger partial charge < -0.3 is 15.2 Å². The number of methoxy groups -OCH3 is 1. The number of hydrogen-bond acceptors (Lipinski definition) is 3. The van der Waals surface area contributed by atoms with E-state index in [1.54, 1.807) is 13.2 Å². The van der Waals surface area contributed by atoms with Gasteiger partial charge in [0.15, 0.2) is 11.5 Å². The molecule has 4 heteroatoms. The third kappa shape index (κ3) is 2.36. The minimum atomic E-state index is 0. The number of rotatable bonds is 2. The molecule has 0 bridgehead atoms. The average Bonchev–Trinajstić information content (AvgIpc) is 2.71. The third-order valence-corrected chi connectivity index (χ3v) is 2.69. The van der Waals surface area contributed by atoms with Crippen molar-refractivity contribution in [2.24, 2.45) is 0 Å². The third-order valence-electron chi connectivity index (χ3n) is 2.69. The summed E-state index contributed by atoms with van der Waals surface area (Å²) in [7, 11) is 1.57. The second-order valence-electron chi connectivity index (χ2n) is 3.55. The normalized spacial score (nSPS) is 19.7. The van der Waals surface area contributed by atoms with Crippen LogP contribution in [0.25, 0.3) is 0 Å². The molecule has 1 aliphatic rings. The fourth-order valence-corrected chi connectivity index (χ4v) is 1.94. The number of ether oxygens (including phenoxy) is 1. The summed E-state index contributed by atoms with van der Waals surface area (Å²) in [6, 6.07) is 5.91. The summed E-state index contributed by atoms with van der Waals surface area (Å²) in [5.74, 6) is 0.825. The number of phenolic OH excluding ortho intramolecular Hbond substituents is 1. The Balaban J connectivity index is 0.00000112. The Hall–Kier alpha value is -0.930. The SMILES string of the molecule is COc1cccc([C@@H]2CCCN2)c1O.Cl. The lowest BCUT2D eigenvalue weighted by atomic mass is 10.0. The fraction of sp³-hybridized carbons (Fsp3) is 0.455. The molecule has 0 spiro atoms. The van der Waals surface area contributed by atoms with Gasteiger partial charge in [-0.1, -0.05) is 12.1 Å². The summed E-state index contributed by atoms with van der Waals surface area (Å²) >= 11 is 0. The Labute approximate surface area is 95.9 Å². The molecule has 3 nitrogen and oxygen atoms in total. The first kappa shape index (κ1) is 12.1. The standard InChI is InChI=1S/C11H15NO2.ClH/c1-14-10-6-2-4-8(11(10)13)9-5-3-7-12-9;/h2,4,6,9,12-13H,3,5,7H2,1H3;1H/t9-;/m0./s1. The molecule has 1 fully saturated rings.